The lowest BCUT2D eigenvalue weighted by atomic mass is 9.86. The molecule has 1 aromatic heterocycles. The van der Waals surface area contributed by atoms with Gasteiger partial charge in [0.2, 0.25) is 5.91 Å². The number of imide groups is 1. The maximum atomic E-state index is 14.2. The Balaban J connectivity index is 1.66. The Bertz CT molecular complexity index is 1320. The quantitative estimate of drug-likeness (QED) is 0.457. The molecule has 0 saturated heterocycles. The van der Waals surface area contributed by atoms with Crippen LogP contribution in [0.5, 0.6) is 0 Å². The highest BCUT2D eigenvalue weighted by Gasteiger charge is 2.62. The first-order chi connectivity index (χ1) is 16.4. The molecule has 7 nitrogen and oxygen atoms in total. The largest absolute Gasteiger partial charge is 0.435 e. The summed E-state index contributed by atoms with van der Waals surface area (Å²) in [6.07, 6.45) is -2.61. The highest BCUT2D eigenvalue weighted by molar-refractivity contribution is 6.34. The van der Waals surface area contributed by atoms with Crippen LogP contribution in [0.1, 0.15) is 40.4 Å². The van der Waals surface area contributed by atoms with Crippen LogP contribution < -0.4 is 5.01 Å². The van der Waals surface area contributed by atoms with E-state index in [4.69, 9.17) is 28.0 Å². The number of aromatic nitrogens is 2. The molecule has 182 valence electrons. The number of carbonyl (C=O) groups is 2. The summed E-state index contributed by atoms with van der Waals surface area (Å²) in [6, 6.07) is 9.52. The molecule has 2 heterocycles. The van der Waals surface area contributed by atoms with Gasteiger partial charge in [-0.3, -0.25) is 9.59 Å². The van der Waals surface area contributed by atoms with Crippen molar-refractivity contribution in [2.24, 2.45) is 5.16 Å². The van der Waals surface area contributed by atoms with Crippen LogP contribution in [0.3, 0.4) is 0 Å². The summed E-state index contributed by atoms with van der Waals surface area (Å²) in [6.45, 7) is 2.81. The zero-order valence-corrected chi connectivity index (χ0v) is 19.8. The van der Waals surface area contributed by atoms with Crippen LogP contribution in [0.2, 0.25) is 10.0 Å². The molecule has 0 fully saturated rings. The first-order valence-corrected chi connectivity index (χ1v) is 10.9. The second-order valence-electron chi connectivity index (χ2n) is 7.88. The number of carbonyl (C=O) groups excluding carboxylic acids is 2. The SMILES string of the molecule is CC(=O)N(C(=O)c1ccc(C2=NOC(c3cc(Cl)cc(Cl)c3)(C(F)(F)F)C2)cc1C)n1cccn1. The fourth-order valence-corrected chi connectivity index (χ4v) is 4.33. The summed E-state index contributed by atoms with van der Waals surface area (Å²) >= 11 is 11.9. The van der Waals surface area contributed by atoms with Gasteiger partial charge in [-0.1, -0.05) is 34.4 Å². The van der Waals surface area contributed by atoms with E-state index in [2.05, 4.69) is 10.3 Å². The van der Waals surface area contributed by atoms with Crippen molar-refractivity contribution in [1.82, 2.24) is 9.89 Å². The van der Waals surface area contributed by atoms with Gasteiger partial charge in [0.05, 0.1) is 11.9 Å². The Morgan fingerprint density at radius 3 is 2.37 bits per heavy atom. The molecule has 1 atom stereocenters. The van der Waals surface area contributed by atoms with E-state index in [1.165, 1.54) is 43.6 Å². The molecule has 1 aliphatic rings. The Morgan fingerprint density at radius 2 is 1.83 bits per heavy atom. The smallest absolute Gasteiger partial charge is 0.374 e. The van der Waals surface area contributed by atoms with Crippen molar-refractivity contribution in [2.45, 2.75) is 32.0 Å². The Hall–Kier alpha value is -3.37. The maximum Gasteiger partial charge on any atom is 0.435 e. The van der Waals surface area contributed by atoms with Crippen LogP contribution in [0.25, 0.3) is 0 Å². The number of aryl methyl sites for hydroxylation is 1. The van der Waals surface area contributed by atoms with Gasteiger partial charge in [-0.15, -0.1) is 0 Å². The van der Waals surface area contributed by atoms with Crippen molar-refractivity contribution < 1.29 is 27.6 Å². The van der Waals surface area contributed by atoms with E-state index in [1.54, 1.807) is 13.0 Å². The van der Waals surface area contributed by atoms with Gasteiger partial charge < -0.3 is 4.84 Å². The lowest BCUT2D eigenvalue weighted by molar-refractivity contribution is -0.275. The number of oxime groups is 1. The maximum absolute atomic E-state index is 14.2. The molecule has 0 bridgehead atoms. The average molecular weight is 525 g/mol. The van der Waals surface area contributed by atoms with Gasteiger partial charge in [-0.05, 0) is 54.4 Å². The second-order valence-corrected chi connectivity index (χ2v) is 8.75. The molecule has 0 aliphatic carbocycles. The van der Waals surface area contributed by atoms with Crippen LogP contribution in [0.4, 0.5) is 13.2 Å². The van der Waals surface area contributed by atoms with E-state index in [1.807, 2.05) is 0 Å². The lowest BCUT2D eigenvalue weighted by Crippen LogP contribution is -2.44. The monoisotopic (exact) mass is 524 g/mol. The summed E-state index contributed by atoms with van der Waals surface area (Å²) < 4.78 is 42.7. The van der Waals surface area contributed by atoms with Gasteiger partial charge in [-0.2, -0.15) is 28.1 Å². The molecule has 12 heteroatoms. The predicted molar refractivity (Wildman–Crippen MR) is 123 cm³/mol. The van der Waals surface area contributed by atoms with Crippen LogP contribution in [0.15, 0.2) is 60.0 Å². The van der Waals surface area contributed by atoms with Crippen molar-refractivity contribution in [3.05, 3.63) is 87.2 Å². The third-order valence-corrected chi connectivity index (χ3v) is 5.93. The van der Waals surface area contributed by atoms with E-state index in [9.17, 15) is 22.8 Å². The van der Waals surface area contributed by atoms with Gasteiger partial charge in [0.15, 0.2) is 0 Å². The standard InChI is InChI=1S/C23H17Cl2F3N4O3/c1-13-8-15(4-5-19(13)21(34)32(14(2)33)31-7-3-6-29-31)20-12-22(35-30-20,23(26,27)28)16-9-17(24)11-18(25)10-16/h3-11H,12H2,1-2H3. The van der Waals surface area contributed by atoms with E-state index in [0.717, 1.165) is 21.9 Å². The molecule has 2 amide bonds. The Labute approximate surface area is 207 Å². The van der Waals surface area contributed by atoms with Crippen molar-refractivity contribution in [2.75, 3.05) is 5.01 Å². The summed E-state index contributed by atoms with van der Waals surface area (Å²) in [5, 5.41) is 8.54. The molecule has 0 spiro atoms. The van der Waals surface area contributed by atoms with Crippen LogP contribution >= 0.6 is 23.2 Å². The van der Waals surface area contributed by atoms with E-state index < -0.39 is 30.0 Å². The van der Waals surface area contributed by atoms with Crippen LogP contribution in [-0.2, 0) is 15.2 Å². The van der Waals surface area contributed by atoms with Crippen molar-refractivity contribution in [1.29, 1.82) is 0 Å². The molecule has 0 radical (unpaired) electrons. The molecular weight excluding hydrogens is 508 g/mol. The molecule has 1 aliphatic heterocycles. The van der Waals surface area contributed by atoms with E-state index in [-0.39, 0.29) is 26.9 Å². The molecule has 2 aromatic carbocycles. The summed E-state index contributed by atoms with van der Waals surface area (Å²) in [4.78, 5) is 31.2. The Morgan fingerprint density at radius 1 is 1.14 bits per heavy atom. The predicted octanol–water partition coefficient (Wildman–Crippen LogP) is 5.41. The minimum Gasteiger partial charge on any atom is -0.374 e. The van der Waals surface area contributed by atoms with Gasteiger partial charge >= 0.3 is 6.18 Å². The number of hydrogen-bond acceptors (Lipinski definition) is 5. The summed E-state index contributed by atoms with van der Waals surface area (Å²) in [5.74, 6) is -1.21. The van der Waals surface area contributed by atoms with Gasteiger partial charge in [-0.25, -0.2) is 0 Å². The first-order valence-electron chi connectivity index (χ1n) is 10.2. The topological polar surface area (TPSA) is 76.8 Å². The van der Waals surface area contributed by atoms with Crippen molar-refractivity contribution in [3.8, 4) is 0 Å². The third kappa shape index (κ3) is 4.51. The zero-order chi connectivity index (χ0) is 25.5. The molecule has 1 unspecified atom stereocenters. The Kier molecular flexibility index (Phi) is 6.37. The van der Waals surface area contributed by atoms with Gasteiger partial charge in [0, 0.05) is 40.7 Å². The highest BCUT2D eigenvalue weighted by Crippen LogP contribution is 2.49. The molecule has 35 heavy (non-hydrogen) atoms. The molecule has 0 N–H and O–H groups in total. The molecule has 4 rings (SSSR count). The fourth-order valence-electron chi connectivity index (χ4n) is 3.80. The third-order valence-electron chi connectivity index (χ3n) is 5.49. The van der Waals surface area contributed by atoms with Gasteiger partial charge in [0.1, 0.15) is 0 Å². The van der Waals surface area contributed by atoms with Crippen molar-refractivity contribution in [3.63, 3.8) is 0 Å². The zero-order valence-electron chi connectivity index (χ0n) is 18.3. The molecular formula is C23H17Cl2F3N4O3. The number of benzene rings is 2. The fraction of sp³-hybridized carbons (Fsp3) is 0.217. The number of rotatable bonds is 4. The highest BCUT2D eigenvalue weighted by atomic mass is 35.5. The van der Waals surface area contributed by atoms with Crippen molar-refractivity contribution >= 4 is 40.7 Å². The number of amides is 2. The summed E-state index contributed by atoms with van der Waals surface area (Å²) in [5.41, 5.74) is -2.11. The first kappa shape index (κ1) is 24.7. The molecule has 3 aromatic rings. The average Bonchev–Trinajstić information content (AvgIpc) is 3.43. The van der Waals surface area contributed by atoms with Crippen LogP contribution in [-0.4, -0.2) is 33.6 Å². The molecule has 0 saturated carbocycles. The number of halogens is 5. The van der Waals surface area contributed by atoms with Gasteiger partial charge in [0.25, 0.3) is 11.5 Å². The number of hydrogen-bond donors (Lipinski definition) is 0. The minimum atomic E-state index is -4.83. The summed E-state index contributed by atoms with van der Waals surface area (Å²) in [7, 11) is 0. The van der Waals surface area contributed by atoms with E-state index >= 15 is 0 Å². The second kappa shape index (κ2) is 9.01. The van der Waals surface area contributed by atoms with E-state index in [0.29, 0.717) is 11.1 Å². The number of alkyl halides is 3. The van der Waals surface area contributed by atoms with Crippen LogP contribution in [0, 0.1) is 6.92 Å². The minimum absolute atomic E-state index is 0.0241. The normalized spacial score (nSPS) is 17.6. The lowest BCUT2D eigenvalue weighted by Gasteiger charge is -2.29. The number of nitrogens with zero attached hydrogens (tertiary/aromatic N) is 4.